The van der Waals surface area contributed by atoms with Crippen LogP contribution in [0.25, 0.3) is 0 Å². The molecule has 4 unspecified atom stereocenters. The van der Waals surface area contributed by atoms with E-state index < -0.39 is 9.84 Å². The van der Waals surface area contributed by atoms with Crippen molar-refractivity contribution in [2.45, 2.75) is 81.9 Å². The third-order valence-corrected chi connectivity index (χ3v) is 9.43. The molecule has 0 aromatic carbocycles. The van der Waals surface area contributed by atoms with Crippen LogP contribution in [0.15, 0.2) is 0 Å². The van der Waals surface area contributed by atoms with Gasteiger partial charge in [0, 0.05) is 12.6 Å². The van der Waals surface area contributed by atoms with Crippen molar-refractivity contribution in [3.8, 4) is 0 Å². The number of rotatable bonds is 5. The SMILES string of the molecule is O=C(CS(=O)(=O)C1CCCC1)N1CCCC1CC1CC2CCC1C2. The van der Waals surface area contributed by atoms with Crippen molar-refractivity contribution < 1.29 is 13.2 Å². The van der Waals surface area contributed by atoms with E-state index in [-0.39, 0.29) is 16.9 Å². The van der Waals surface area contributed by atoms with Crippen LogP contribution in [0.1, 0.15) is 70.6 Å². The highest BCUT2D eigenvalue weighted by Gasteiger charge is 2.42. The Morgan fingerprint density at radius 3 is 2.42 bits per heavy atom. The number of carbonyl (C=O) groups excluding carboxylic acids is 1. The normalized spacial score (nSPS) is 36.8. The largest absolute Gasteiger partial charge is 0.339 e. The summed E-state index contributed by atoms with van der Waals surface area (Å²) in [6.07, 6.45) is 12.3. The summed E-state index contributed by atoms with van der Waals surface area (Å²) < 4.78 is 25.0. The molecule has 1 heterocycles. The lowest BCUT2D eigenvalue weighted by atomic mass is 9.84. The maximum absolute atomic E-state index is 12.7. The zero-order valence-corrected chi connectivity index (χ0v) is 15.5. The predicted molar refractivity (Wildman–Crippen MR) is 94.3 cm³/mol. The van der Waals surface area contributed by atoms with Crippen LogP contribution in [0.5, 0.6) is 0 Å². The monoisotopic (exact) mass is 353 g/mol. The van der Waals surface area contributed by atoms with Gasteiger partial charge in [0.05, 0.1) is 5.25 Å². The van der Waals surface area contributed by atoms with E-state index in [9.17, 15) is 13.2 Å². The maximum atomic E-state index is 12.7. The Labute approximate surface area is 146 Å². The van der Waals surface area contributed by atoms with E-state index in [2.05, 4.69) is 0 Å². The van der Waals surface area contributed by atoms with Crippen molar-refractivity contribution in [2.75, 3.05) is 12.3 Å². The van der Waals surface area contributed by atoms with Crippen LogP contribution >= 0.6 is 0 Å². The Morgan fingerprint density at radius 1 is 0.958 bits per heavy atom. The molecule has 3 aliphatic carbocycles. The molecule has 0 aromatic rings. The summed E-state index contributed by atoms with van der Waals surface area (Å²) in [5.41, 5.74) is 0. The summed E-state index contributed by atoms with van der Waals surface area (Å²) in [6.45, 7) is 0.768. The molecule has 1 aliphatic heterocycles. The summed E-state index contributed by atoms with van der Waals surface area (Å²) in [5.74, 6) is 2.24. The first-order chi connectivity index (χ1) is 11.5. The molecule has 1 saturated heterocycles. The lowest BCUT2D eigenvalue weighted by molar-refractivity contribution is -0.129. The smallest absolute Gasteiger partial charge is 0.238 e. The molecule has 4 rings (SSSR count). The fourth-order valence-electron chi connectivity index (χ4n) is 6.04. The average Bonchev–Trinajstić information content (AvgIpc) is 3.31. The molecule has 3 saturated carbocycles. The molecule has 4 atom stereocenters. The van der Waals surface area contributed by atoms with Crippen molar-refractivity contribution in [1.82, 2.24) is 4.90 Å². The molecular formula is C19H31NO3S. The van der Waals surface area contributed by atoms with E-state index in [0.29, 0.717) is 6.04 Å². The first-order valence-electron chi connectivity index (χ1n) is 10.0. The van der Waals surface area contributed by atoms with Crippen molar-refractivity contribution in [2.24, 2.45) is 17.8 Å². The van der Waals surface area contributed by atoms with Gasteiger partial charge in [-0.3, -0.25) is 4.79 Å². The number of hydrogen-bond acceptors (Lipinski definition) is 3. The summed E-state index contributed by atoms with van der Waals surface area (Å²) in [7, 11) is -3.25. The van der Waals surface area contributed by atoms with Crippen LogP contribution in [0, 0.1) is 17.8 Å². The maximum Gasteiger partial charge on any atom is 0.238 e. The van der Waals surface area contributed by atoms with Gasteiger partial charge in [-0.05, 0) is 69.1 Å². The van der Waals surface area contributed by atoms with Crippen LogP contribution in [-0.4, -0.2) is 42.8 Å². The van der Waals surface area contributed by atoms with Crippen molar-refractivity contribution >= 4 is 15.7 Å². The van der Waals surface area contributed by atoms with Gasteiger partial charge in [-0.2, -0.15) is 0 Å². The summed E-state index contributed by atoms with van der Waals surface area (Å²) >= 11 is 0. The summed E-state index contributed by atoms with van der Waals surface area (Å²) in [4.78, 5) is 14.6. The number of hydrogen-bond donors (Lipinski definition) is 0. The van der Waals surface area contributed by atoms with Gasteiger partial charge in [0.25, 0.3) is 0 Å². The van der Waals surface area contributed by atoms with Gasteiger partial charge in [0.2, 0.25) is 5.91 Å². The van der Waals surface area contributed by atoms with Gasteiger partial charge >= 0.3 is 0 Å². The minimum absolute atomic E-state index is 0.118. The van der Waals surface area contributed by atoms with E-state index in [1.165, 1.54) is 25.7 Å². The molecule has 4 nitrogen and oxygen atoms in total. The number of carbonyl (C=O) groups is 1. The average molecular weight is 354 g/mol. The molecule has 2 bridgehead atoms. The second-order valence-electron chi connectivity index (χ2n) is 8.77. The van der Waals surface area contributed by atoms with Gasteiger partial charge < -0.3 is 4.90 Å². The van der Waals surface area contributed by atoms with E-state index in [0.717, 1.165) is 69.2 Å². The van der Waals surface area contributed by atoms with Crippen LogP contribution in [0.4, 0.5) is 0 Å². The Morgan fingerprint density at radius 2 is 1.75 bits per heavy atom. The number of likely N-dealkylation sites (tertiary alicyclic amines) is 1. The molecule has 4 aliphatic rings. The molecule has 5 heteroatoms. The van der Waals surface area contributed by atoms with E-state index >= 15 is 0 Å². The highest BCUT2D eigenvalue weighted by atomic mass is 32.2. The predicted octanol–water partition coefficient (Wildman–Crippen LogP) is 3.16. The second kappa shape index (κ2) is 6.62. The van der Waals surface area contributed by atoms with Crippen molar-refractivity contribution in [1.29, 1.82) is 0 Å². The van der Waals surface area contributed by atoms with Crippen LogP contribution in [-0.2, 0) is 14.6 Å². The highest BCUT2D eigenvalue weighted by Crippen LogP contribution is 2.50. The van der Waals surface area contributed by atoms with Crippen molar-refractivity contribution in [3.05, 3.63) is 0 Å². The fraction of sp³-hybridized carbons (Fsp3) is 0.947. The molecule has 0 aromatic heterocycles. The van der Waals surface area contributed by atoms with Gasteiger partial charge in [0.15, 0.2) is 9.84 Å². The van der Waals surface area contributed by atoms with Crippen LogP contribution < -0.4 is 0 Å². The first-order valence-corrected chi connectivity index (χ1v) is 11.8. The van der Waals surface area contributed by atoms with Crippen LogP contribution in [0.2, 0.25) is 0 Å². The number of fused-ring (bicyclic) bond motifs is 2. The Balaban J connectivity index is 1.36. The van der Waals surface area contributed by atoms with E-state index in [4.69, 9.17) is 0 Å². The van der Waals surface area contributed by atoms with Gasteiger partial charge in [-0.15, -0.1) is 0 Å². The third-order valence-electron chi connectivity index (χ3n) is 7.29. The van der Waals surface area contributed by atoms with E-state index in [1.807, 2.05) is 4.90 Å². The Hall–Kier alpha value is -0.580. The zero-order valence-electron chi connectivity index (χ0n) is 14.7. The lowest BCUT2D eigenvalue weighted by Gasteiger charge is -2.30. The molecule has 0 radical (unpaired) electrons. The highest BCUT2D eigenvalue weighted by molar-refractivity contribution is 7.92. The third kappa shape index (κ3) is 3.25. The molecule has 1 amide bonds. The van der Waals surface area contributed by atoms with Gasteiger partial charge in [-0.25, -0.2) is 8.42 Å². The van der Waals surface area contributed by atoms with Crippen molar-refractivity contribution in [3.63, 3.8) is 0 Å². The molecule has 0 spiro atoms. The number of sulfone groups is 1. The minimum Gasteiger partial charge on any atom is -0.339 e. The second-order valence-corrected chi connectivity index (χ2v) is 11.0. The number of nitrogens with zero attached hydrogens (tertiary/aromatic N) is 1. The number of amides is 1. The first kappa shape index (κ1) is 16.9. The topological polar surface area (TPSA) is 54.5 Å². The fourth-order valence-corrected chi connectivity index (χ4v) is 7.84. The minimum atomic E-state index is -3.25. The van der Waals surface area contributed by atoms with E-state index in [1.54, 1.807) is 0 Å². The standard InChI is InChI=1S/C19H31NO3S/c21-19(13-24(22,23)18-5-1-2-6-18)20-9-3-4-17(20)12-16-11-14-7-8-15(16)10-14/h14-18H,1-13H2. The Kier molecular flexibility index (Phi) is 4.65. The summed E-state index contributed by atoms with van der Waals surface area (Å²) in [6, 6.07) is 0.306. The zero-order chi connectivity index (χ0) is 16.7. The lowest BCUT2D eigenvalue weighted by Crippen LogP contribution is -2.41. The molecule has 24 heavy (non-hydrogen) atoms. The molecule has 0 N–H and O–H groups in total. The van der Waals surface area contributed by atoms with Gasteiger partial charge in [-0.1, -0.05) is 19.3 Å². The quantitative estimate of drug-likeness (QED) is 0.763. The molecular weight excluding hydrogens is 322 g/mol. The molecule has 136 valence electrons. The van der Waals surface area contributed by atoms with Crippen LogP contribution in [0.3, 0.4) is 0 Å². The van der Waals surface area contributed by atoms with Gasteiger partial charge in [0.1, 0.15) is 5.75 Å². The summed E-state index contributed by atoms with van der Waals surface area (Å²) in [5, 5.41) is -0.256. The molecule has 4 fully saturated rings. The Bertz CT molecular complexity index is 581.